The van der Waals surface area contributed by atoms with Crippen molar-refractivity contribution < 1.29 is 32.5 Å². The SMILES string of the molecule is CC(C)(C)[Si](OC[C@@H]1CC[C@@H]([C@@H]2CC[C@@H]([C@@H]3CC[C@@H]([C@@H]4CC[C@@H]([C@@H]5CC[C@@H](CO[Si](c6ccccc6)(c6ccccc6)C(C)(C)C)O5)O4)O3)O2)O1)(c1ccccc1)c1ccccc1. The summed E-state index contributed by atoms with van der Waals surface area (Å²) in [6.07, 6.45) is 11.1. The molecule has 0 unspecified atom stereocenters. The Morgan fingerprint density at radius 2 is 0.571 bits per heavy atom. The van der Waals surface area contributed by atoms with E-state index in [1.807, 2.05) is 0 Å². The first-order valence-corrected chi connectivity index (χ1v) is 28.0. The Labute approximate surface area is 379 Å². The van der Waals surface area contributed by atoms with Crippen molar-refractivity contribution in [2.24, 2.45) is 0 Å². The predicted molar refractivity (Wildman–Crippen MR) is 257 cm³/mol. The summed E-state index contributed by atoms with van der Waals surface area (Å²) in [7, 11) is -5.24. The van der Waals surface area contributed by atoms with E-state index in [1.165, 1.54) is 20.7 Å². The van der Waals surface area contributed by atoms with Crippen molar-refractivity contribution in [3.63, 3.8) is 0 Å². The highest BCUT2D eigenvalue weighted by Gasteiger charge is 2.53. The van der Waals surface area contributed by atoms with Crippen LogP contribution in [0.3, 0.4) is 0 Å². The summed E-state index contributed by atoms with van der Waals surface area (Å²) in [4.78, 5) is 0. The molecule has 4 aromatic carbocycles. The van der Waals surface area contributed by atoms with Crippen molar-refractivity contribution in [1.29, 1.82) is 0 Å². The fourth-order valence-electron chi connectivity index (χ4n) is 11.9. The van der Waals surface area contributed by atoms with E-state index in [-0.39, 0.29) is 71.1 Å². The Morgan fingerprint density at radius 3 is 0.810 bits per heavy atom. The molecule has 0 radical (unpaired) electrons. The van der Waals surface area contributed by atoms with Gasteiger partial charge in [0, 0.05) is 0 Å². The van der Waals surface area contributed by atoms with Crippen molar-refractivity contribution in [1.82, 2.24) is 0 Å². The molecule has 0 aromatic heterocycles. The van der Waals surface area contributed by atoms with Crippen LogP contribution in [-0.4, -0.2) is 90.9 Å². The fraction of sp³-hybridized carbons (Fsp3) is 0.556. The first kappa shape index (κ1) is 45.2. The van der Waals surface area contributed by atoms with Crippen LogP contribution in [0, 0.1) is 0 Å². The lowest BCUT2D eigenvalue weighted by atomic mass is 10.0. The summed E-state index contributed by atoms with van der Waals surface area (Å²) in [6.45, 7) is 15.2. The summed E-state index contributed by atoms with van der Waals surface area (Å²) in [5.41, 5.74) is 0. The van der Waals surface area contributed by atoms with Gasteiger partial charge in [-0.1, -0.05) is 163 Å². The lowest BCUT2D eigenvalue weighted by molar-refractivity contribution is -0.133. The number of hydrogen-bond donors (Lipinski definition) is 0. The molecule has 9 heteroatoms. The van der Waals surface area contributed by atoms with E-state index in [0.717, 1.165) is 64.2 Å². The van der Waals surface area contributed by atoms with Gasteiger partial charge in [0.15, 0.2) is 0 Å². The molecule has 338 valence electrons. The van der Waals surface area contributed by atoms with E-state index < -0.39 is 16.6 Å². The van der Waals surface area contributed by atoms with Gasteiger partial charge in [-0.2, -0.15) is 0 Å². The molecule has 0 saturated carbocycles. The Hall–Kier alpha value is -2.97. The van der Waals surface area contributed by atoms with Crippen molar-refractivity contribution in [3.05, 3.63) is 121 Å². The summed E-state index contributed by atoms with van der Waals surface area (Å²) in [5, 5.41) is 5.11. The molecule has 0 spiro atoms. The van der Waals surface area contributed by atoms with Crippen molar-refractivity contribution in [3.8, 4) is 0 Å². The molecule has 9 rings (SSSR count). The molecule has 5 aliphatic rings. The van der Waals surface area contributed by atoms with Gasteiger partial charge in [0.1, 0.15) is 0 Å². The largest absolute Gasteiger partial charge is 0.405 e. The van der Waals surface area contributed by atoms with Crippen molar-refractivity contribution in [2.75, 3.05) is 13.2 Å². The minimum Gasteiger partial charge on any atom is -0.405 e. The molecule has 0 amide bonds. The van der Waals surface area contributed by atoms with E-state index in [1.54, 1.807) is 0 Å². The maximum atomic E-state index is 7.26. The van der Waals surface area contributed by atoms with Gasteiger partial charge in [0.2, 0.25) is 0 Å². The average molecular weight is 889 g/mol. The molecule has 63 heavy (non-hydrogen) atoms. The molecule has 0 bridgehead atoms. The molecule has 5 aliphatic heterocycles. The van der Waals surface area contributed by atoms with Crippen LogP contribution in [0.15, 0.2) is 121 Å². The van der Waals surface area contributed by atoms with Crippen LogP contribution < -0.4 is 20.7 Å². The van der Waals surface area contributed by atoms with Crippen LogP contribution in [0.25, 0.3) is 0 Å². The molecule has 10 atom stereocenters. The zero-order chi connectivity index (χ0) is 43.7. The molecule has 0 aliphatic carbocycles. The summed E-state index contributed by atoms with van der Waals surface area (Å²) in [6, 6.07) is 43.6. The zero-order valence-electron chi connectivity index (χ0n) is 38.7. The number of rotatable bonds is 14. The number of benzene rings is 4. The number of ether oxygens (including phenoxy) is 5. The van der Waals surface area contributed by atoms with Crippen molar-refractivity contribution in [2.45, 2.75) is 177 Å². The van der Waals surface area contributed by atoms with Gasteiger partial charge >= 0.3 is 0 Å². The second-order valence-corrected chi connectivity index (χ2v) is 29.7. The number of hydrogen-bond acceptors (Lipinski definition) is 7. The molecular weight excluding hydrogens is 817 g/mol. The smallest absolute Gasteiger partial charge is 0.261 e. The maximum Gasteiger partial charge on any atom is 0.261 e. The molecule has 5 saturated heterocycles. The van der Waals surface area contributed by atoms with Crippen LogP contribution in [0.2, 0.25) is 10.1 Å². The van der Waals surface area contributed by atoms with E-state index in [0.29, 0.717) is 13.2 Å². The summed E-state index contributed by atoms with van der Waals surface area (Å²) in [5.74, 6) is 0. The third kappa shape index (κ3) is 9.26. The Bertz CT molecular complexity index is 1810. The molecule has 5 fully saturated rings. The molecule has 0 N–H and O–H groups in total. The molecule has 4 aromatic rings. The lowest BCUT2D eigenvalue weighted by Gasteiger charge is -2.43. The van der Waals surface area contributed by atoms with Gasteiger partial charge < -0.3 is 32.5 Å². The third-order valence-corrected chi connectivity index (χ3v) is 25.0. The van der Waals surface area contributed by atoms with Crippen LogP contribution in [0.1, 0.15) is 106 Å². The van der Waals surface area contributed by atoms with Crippen LogP contribution in [-0.2, 0) is 32.5 Å². The van der Waals surface area contributed by atoms with Gasteiger partial charge in [-0.3, -0.25) is 0 Å². The lowest BCUT2D eigenvalue weighted by Crippen LogP contribution is -2.67. The minimum absolute atomic E-state index is 0.0602. The summed E-state index contributed by atoms with van der Waals surface area (Å²) >= 11 is 0. The maximum absolute atomic E-state index is 7.26. The Kier molecular flexibility index (Phi) is 13.7. The third-order valence-electron chi connectivity index (χ3n) is 15.0. The van der Waals surface area contributed by atoms with E-state index >= 15 is 0 Å². The quantitative estimate of drug-likeness (QED) is 0.117. The monoisotopic (exact) mass is 888 g/mol. The topological polar surface area (TPSA) is 64.6 Å². The first-order chi connectivity index (χ1) is 30.4. The predicted octanol–water partition coefficient (Wildman–Crippen LogP) is 8.88. The van der Waals surface area contributed by atoms with E-state index in [4.69, 9.17) is 32.5 Å². The second kappa shape index (κ2) is 19.1. The first-order valence-electron chi connectivity index (χ1n) is 24.2. The fourth-order valence-corrected chi connectivity index (χ4v) is 21.1. The zero-order valence-corrected chi connectivity index (χ0v) is 40.7. The van der Waals surface area contributed by atoms with Gasteiger partial charge in [0.05, 0.1) is 74.3 Å². The van der Waals surface area contributed by atoms with E-state index in [9.17, 15) is 0 Å². The standard InChI is InChI=1S/C54H72O7Si2/c1-53(2,3)62(41-19-11-7-12-20-41,42-21-13-8-14-22-42)55-37-39-27-29-45(57-39)47-31-33-49(59-47)51-35-36-52(61-51)50-34-32-48(60-50)46-30-28-40(58-46)38-56-63(54(4,5)6,43-23-15-9-16-24-43)44-25-17-10-18-26-44/h7-26,39-40,45-52H,27-38H2,1-6H3/t39-,40-,45-,46-,47-,48-,49-,50-,51-,52-/m0/s1. The van der Waals surface area contributed by atoms with Crippen molar-refractivity contribution >= 4 is 37.4 Å². The summed E-state index contributed by atoms with van der Waals surface area (Å²) < 4.78 is 48.5. The van der Waals surface area contributed by atoms with Gasteiger partial charge in [-0.05, 0) is 95.0 Å². The normalized spacial score (nSPS) is 30.6. The second-order valence-electron chi connectivity index (χ2n) is 21.1. The van der Waals surface area contributed by atoms with Gasteiger partial charge in [-0.15, -0.1) is 0 Å². The average Bonchev–Trinajstić information content (AvgIpc) is 4.15. The molecule has 5 heterocycles. The van der Waals surface area contributed by atoms with Crippen LogP contribution in [0.5, 0.6) is 0 Å². The molecular formula is C54H72O7Si2. The van der Waals surface area contributed by atoms with E-state index in [2.05, 4.69) is 163 Å². The highest BCUT2D eigenvalue weighted by Crippen LogP contribution is 2.42. The molecule has 7 nitrogen and oxygen atoms in total. The van der Waals surface area contributed by atoms with Crippen LogP contribution in [0.4, 0.5) is 0 Å². The Morgan fingerprint density at radius 1 is 0.349 bits per heavy atom. The highest BCUT2D eigenvalue weighted by atomic mass is 28.4. The minimum atomic E-state index is -2.62. The van der Waals surface area contributed by atoms with Gasteiger partial charge in [-0.25, -0.2) is 0 Å². The van der Waals surface area contributed by atoms with Crippen LogP contribution >= 0.6 is 0 Å². The highest BCUT2D eigenvalue weighted by molar-refractivity contribution is 7.00. The van der Waals surface area contributed by atoms with Gasteiger partial charge in [0.25, 0.3) is 16.6 Å². The Balaban J connectivity index is 0.750.